The Morgan fingerprint density at radius 2 is 2.12 bits per heavy atom. The Labute approximate surface area is 112 Å². The van der Waals surface area contributed by atoms with Crippen LogP contribution in [0, 0.1) is 0 Å². The van der Waals surface area contributed by atoms with Gasteiger partial charge in [0.1, 0.15) is 5.03 Å². The number of rotatable bonds is 4. The van der Waals surface area contributed by atoms with Crippen LogP contribution in [0.15, 0.2) is 32.0 Å². The number of pyridine rings is 1. The van der Waals surface area contributed by atoms with E-state index in [-0.39, 0.29) is 0 Å². The van der Waals surface area contributed by atoms with Gasteiger partial charge in [-0.3, -0.25) is 0 Å². The van der Waals surface area contributed by atoms with Crippen LogP contribution < -0.4 is 0 Å². The van der Waals surface area contributed by atoms with Gasteiger partial charge in [-0.25, -0.2) is 4.98 Å². The van der Waals surface area contributed by atoms with Crippen molar-refractivity contribution in [3.05, 3.63) is 23.9 Å². The predicted octanol–water partition coefficient (Wildman–Crippen LogP) is 2.86. The Balaban J connectivity index is 2.15. The summed E-state index contributed by atoms with van der Waals surface area (Å²) in [6, 6.07) is 3.68. The Hall–Kier alpha value is -0.630. The van der Waals surface area contributed by atoms with E-state index in [9.17, 15) is 5.11 Å². The molecule has 0 aliphatic heterocycles. The van der Waals surface area contributed by atoms with E-state index >= 15 is 0 Å². The lowest BCUT2D eigenvalue weighted by atomic mass is 10.2. The zero-order valence-electron chi connectivity index (χ0n) is 9.32. The van der Waals surface area contributed by atoms with E-state index in [2.05, 4.69) is 15.2 Å². The second-order valence-corrected chi connectivity index (χ2v) is 6.54. The fraction of sp³-hybridized carbons (Fsp3) is 0.300. The van der Waals surface area contributed by atoms with Crippen molar-refractivity contribution in [2.24, 2.45) is 0 Å². The maximum absolute atomic E-state index is 9.49. The van der Waals surface area contributed by atoms with E-state index in [1.54, 1.807) is 36.2 Å². The molecule has 1 atom stereocenters. The summed E-state index contributed by atoms with van der Waals surface area (Å²) in [5, 5.41) is 18.4. The first-order valence-corrected chi connectivity index (χ1v) is 7.74. The van der Waals surface area contributed by atoms with Crippen molar-refractivity contribution < 1.29 is 5.11 Å². The van der Waals surface area contributed by atoms with Gasteiger partial charge in [0.15, 0.2) is 8.68 Å². The van der Waals surface area contributed by atoms with Crippen molar-refractivity contribution in [1.82, 2.24) is 15.2 Å². The van der Waals surface area contributed by atoms with Crippen LogP contribution in [0.3, 0.4) is 0 Å². The van der Waals surface area contributed by atoms with Crippen LogP contribution in [0.1, 0.15) is 18.6 Å². The van der Waals surface area contributed by atoms with Crippen LogP contribution >= 0.6 is 34.9 Å². The highest BCUT2D eigenvalue weighted by Crippen LogP contribution is 2.32. The van der Waals surface area contributed by atoms with Gasteiger partial charge in [-0.05, 0) is 42.6 Å². The summed E-state index contributed by atoms with van der Waals surface area (Å²) in [4.78, 5) is 4.24. The second kappa shape index (κ2) is 5.81. The van der Waals surface area contributed by atoms with Crippen molar-refractivity contribution in [3.63, 3.8) is 0 Å². The molecule has 0 spiro atoms. The third kappa shape index (κ3) is 3.41. The molecule has 0 aliphatic carbocycles. The number of aliphatic hydroxyl groups excluding tert-OH is 1. The van der Waals surface area contributed by atoms with Crippen molar-refractivity contribution in [3.8, 4) is 0 Å². The molecule has 7 heteroatoms. The number of aliphatic hydroxyl groups is 1. The molecule has 0 unspecified atom stereocenters. The molecule has 2 aromatic rings. The lowest BCUT2D eigenvalue weighted by Crippen LogP contribution is -1.92. The number of thioether (sulfide) groups is 1. The van der Waals surface area contributed by atoms with Gasteiger partial charge >= 0.3 is 0 Å². The summed E-state index contributed by atoms with van der Waals surface area (Å²) in [5.74, 6) is 0. The average molecular weight is 285 g/mol. The average Bonchev–Trinajstić information content (AvgIpc) is 2.77. The van der Waals surface area contributed by atoms with E-state index in [1.807, 2.05) is 18.4 Å². The molecule has 90 valence electrons. The zero-order chi connectivity index (χ0) is 12.3. The Kier molecular flexibility index (Phi) is 4.38. The molecule has 0 saturated heterocycles. The zero-order valence-corrected chi connectivity index (χ0v) is 11.8. The second-order valence-electron chi connectivity index (χ2n) is 3.24. The van der Waals surface area contributed by atoms with Gasteiger partial charge in [-0.2, -0.15) is 0 Å². The molecule has 0 aliphatic rings. The number of hydrogen-bond donors (Lipinski definition) is 1. The maximum atomic E-state index is 9.49. The van der Waals surface area contributed by atoms with Crippen molar-refractivity contribution in [1.29, 1.82) is 0 Å². The molecule has 0 radical (unpaired) electrons. The fourth-order valence-corrected chi connectivity index (χ4v) is 3.54. The van der Waals surface area contributed by atoms with E-state index < -0.39 is 6.10 Å². The fourth-order valence-electron chi connectivity index (χ4n) is 1.15. The number of nitrogens with zero attached hydrogens (tertiary/aromatic N) is 3. The third-order valence-corrected chi connectivity index (χ3v) is 4.88. The first kappa shape index (κ1) is 12.8. The minimum atomic E-state index is -0.478. The summed E-state index contributed by atoms with van der Waals surface area (Å²) >= 11 is 4.59. The molecule has 0 amide bonds. The molecule has 0 saturated carbocycles. The largest absolute Gasteiger partial charge is 0.389 e. The van der Waals surface area contributed by atoms with Crippen LogP contribution in [0.2, 0.25) is 0 Å². The van der Waals surface area contributed by atoms with Gasteiger partial charge in [-0.15, -0.1) is 10.2 Å². The minimum Gasteiger partial charge on any atom is -0.389 e. The molecule has 2 rings (SSSR count). The molecule has 0 fully saturated rings. The van der Waals surface area contributed by atoms with E-state index in [1.165, 1.54) is 11.8 Å². The monoisotopic (exact) mass is 285 g/mol. The van der Waals surface area contributed by atoms with Crippen molar-refractivity contribution in [2.45, 2.75) is 26.7 Å². The number of hydrogen-bond acceptors (Lipinski definition) is 7. The lowest BCUT2D eigenvalue weighted by Gasteiger charge is -2.04. The highest BCUT2D eigenvalue weighted by molar-refractivity contribution is 8.02. The number of aromatic nitrogens is 3. The Bertz CT molecular complexity index is 501. The first-order valence-electron chi connectivity index (χ1n) is 4.88. The highest BCUT2D eigenvalue weighted by atomic mass is 32.2. The first-order chi connectivity index (χ1) is 8.19. The molecule has 2 aromatic heterocycles. The van der Waals surface area contributed by atoms with Gasteiger partial charge in [-0.1, -0.05) is 23.1 Å². The van der Waals surface area contributed by atoms with Crippen LogP contribution in [-0.4, -0.2) is 26.5 Å². The summed E-state index contributed by atoms with van der Waals surface area (Å²) < 4.78 is 1.81. The van der Waals surface area contributed by atoms with Crippen LogP contribution in [0.25, 0.3) is 0 Å². The summed E-state index contributed by atoms with van der Waals surface area (Å²) in [6.07, 6.45) is 3.19. The standard InChI is InChI=1S/C10H11N3OS3/c1-6(14)7-3-4-11-8(5-7)16-10-13-12-9(15-2)17-10/h3-6,14H,1-2H3/t6-/m1/s1. The van der Waals surface area contributed by atoms with E-state index in [0.717, 1.165) is 19.3 Å². The van der Waals surface area contributed by atoms with Gasteiger partial charge in [0.2, 0.25) is 0 Å². The molecule has 2 heterocycles. The van der Waals surface area contributed by atoms with Crippen LogP contribution in [0.5, 0.6) is 0 Å². The minimum absolute atomic E-state index is 0.478. The SMILES string of the molecule is CSc1nnc(Sc2cc([C@@H](C)O)ccn2)s1. The topological polar surface area (TPSA) is 58.9 Å². The van der Waals surface area contributed by atoms with E-state index in [4.69, 9.17) is 0 Å². The smallest absolute Gasteiger partial charge is 0.181 e. The molecule has 17 heavy (non-hydrogen) atoms. The molecule has 4 nitrogen and oxygen atoms in total. The molecule has 0 bridgehead atoms. The Morgan fingerprint density at radius 3 is 2.76 bits per heavy atom. The predicted molar refractivity (Wildman–Crippen MR) is 70.7 cm³/mol. The lowest BCUT2D eigenvalue weighted by molar-refractivity contribution is 0.199. The van der Waals surface area contributed by atoms with Gasteiger partial charge in [0.25, 0.3) is 0 Å². The van der Waals surface area contributed by atoms with Crippen molar-refractivity contribution >= 4 is 34.9 Å². The molecular formula is C10H11N3OS3. The molecular weight excluding hydrogens is 274 g/mol. The summed E-state index contributed by atoms with van der Waals surface area (Å²) in [5.41, 5.74) is 0.858. The maximum Gasteiger partial charge on any atom is 0.181 e. The third-order valence-electron chi connectivity index (χ3n) is 2.00. The van der Waals surface area contributed by atoms with Gasteiger partial charge in [0.05, 0.1) is 6.10 Å². The van der Waals surface area contributed by atoms with Gasteiger partial charge < -0.3 is 5.11 Å². The van der Waals surface area contributed by atoms with Crippen LogP contribution in [0.4, 0.5) is 0 Å². The molecule has 0 aromatic carbocycles. The quantitative estimate of drug-likeness (QED) is 0.872. The molecule has 1 N–H and O–H groups in total. The highest BCUT2D eigenvalue weighted by Gasteiger charge is 2.08. The summed E-state index contributed by atoms with van der Waals surface area (Å²) in [7, 11) is 0. The summed E-state index contributed by atoms with van der Waals surface area (Å²) in [6.45, 7) is 1.74. The Morgan fingerprint density at radius 1 is 1.35 bits per heavy atom. The van der Waals surface area contributed by atoms with E-state index in [0.29, 0.717) is 0 Å². The normalized spacial score (nSPS) is 12.6. The van der Waals surface area contributed by atoms with Crippen LogP contribution in [-0.2, 0) is 0 Å². The van der Waals surface area contributed by atoms with Gasteiger partial charge in [0, 0.05) is 6.20 Å². The van der Waals surface area contributed by atoms with Crippen molar-refractivity contribution in [2.75, 3.05) is 6.26 Å².